The molecule has 1 amide bonds. The molecule has 1 aliphatic heterocycles. The Hall–Kier alpha value is -1.45. The third-order valence-corrected chi connectivity index (χ3v) is 5.32. The summed E-state index contributed by atoms with van der Waals surface area (Å²) in [7, 11) is -3.77. The monoisotopic (exact) mass is 316 g/mol. The van der Waals surface area contributed by atoms with Crippen molar-refractivity contribution in [3.8, 4) is 0 Å². The number of morpholine rings is 1. The van der Waals surface area contributed by atoms with E-state index >= 15 is 0 Å². The summed E-state index contributed by atoms with van der Waals surface area (Å²) in [6, 6.07) is -0.843. The van der Waals surface area contributed by atoms with Gasteiger partial charge in [-0.2, -0.15) is 9.40 Å². The highest BCUT2D eigenvalue weighted by atomic mass is 32.2. The number of amides is 1. The van der Waals surface area contributed by atoms with Crippen LogP contribution in [0.25, 0.3) is 0 Å². The topological polar surface area (TPSA) is 104 Å². The predicted octanol–water partition coefficient (Wildman–Crippen LogP) is -0.366. The fourth-order valence-electron chi connectivity index (χ4n) is 2.17. The largest absolute Gasteiger partial charge is 0.378 e. The molecule has 118 valence electrons. The summed E-state index contributed by atoms with van der Waals surface area (Å²) >= 11 is 0. The lowest BCUT2D eigenvalue weighted by Gasteiger charge is -2.33. The van der Waals surface area contributed by atoms with Gasteiger partial charge in [0.25, 0.3) is 0 Å². The van der Waals surface area contributed by atoms with Crippen LogP contribution in [0.15, 0.2) is 11.1 Å². The van der Waals surface area contributed by atoms with Gasteiger partial charge in [0.1, 0.15) is 10.9 Å². The first-order valence-electron chi connectivity index (χ1n) is 6.85. The van der Waals surface area contributed by atoms with Crippen LogP contribution in [0.1, 0.15) is 19.0 Å². The summed E-state index contributed by atoms with van der Waals surface area (Å²) in [5.41, 5.74) is 0.453. The van der Waals surface area contributed by atoms with Crippen LogP contribution < -0.4 is 5.32 Å². The van der Waals surface area contributed by atoms with Crippen molar-refractivity contribution in [3.05, 3.63) is 11.9 Å². The standard InChI is InChI=1S/C12H20N4O4S/c1-3-4-13-12(17)10-8-20-6-5-16(10)21(18,19)11-7-14-15-9(11)2/h7,10H,3-6,8H2,1-2H3,(H,13,17)(H,14,15). The smallest absolute Gasteiger partial charge is 0.247 e. The maximum Gasteiger partial charge on any atom is 0.247 e. The number of nitrogens with one attached hydrogen (secondary N) is 2. The summed E-state index contributed by atoms with van der Waals surface area (Å²) in [6.07, 6.45) is 2.05. The first-order chi connectivity index (χ1) is 9.98. The van der Waals surface area contributed by atoms with Gasteiger partial charge in [-0.25, -0.2) is 8.42 Å². The number of hydrogen-bond donors (Lipinski definition) is 2. The van der Waals surface area contributed by atoms with E-state index in [1.54, 1.807) is 6.92 Å². The molecule has 1 saturated heterocycles. The normalized spacial score (nSPS) is 20.4. The van der Waals surface area contributed by atoms with Crippen LogP contribution >= 0.6 is 0 Å². The molecule has 0 saturated carbocycles. The predicted molar refractivity (Wildman–Crippen MR) is 75.1 cm³/mol. The molecule has 1 fully saturated rings. The van der Waals surface area contributed by atoms with Gasteiger partial charge in [-0.15, -0.1) is 0 Å². The van der Waals surface area contributed by atoms with E-state index in [0.717, 1.165) is 6.42 Å². The van der Waals surface area contributed by atoms with E-state index in [9.17, 15) is 13.2 Å². The number of sulfonamides is 1. The molecular weight excluding hydrogens is 296 g/mol. The third-order valence-electron chi connectivity index (χ3n) is 3.30. The molecule has 1 aliphatic rings. The zero-order valence-corrected chi connectivity index (χ0v) is 12.9. The fraction of sp³-hybridized carbons (Fsp3) is 0.667. The van der Waals surface area contributed by atoms with Crippen molar-refractivity contribution in [3.63, 3.8) is 0 Å². The van der Waals surface area contributed by atoms with Gasteiger partial charge in [0.2, 0.25) is 15.9 Å². The molecule has 0 radical (unpaired) electrons. The van der Waals surface area contributed by atoms with Crippen molar-refractivity contribution in [2.75, 3.05) is 26.3 Å². The van der Waals surface area contributed by atoms with Gasteiger partial charge in [0, 0.05) is 13.1 Å². The van der Waals surface area contributed by atoms with Crippen LogP contribution in [0.4, 0.5) is 0 Å². The van der Waals surface area contributed by atoms with Crippen LogP contribution in [0, 0.1) is 6.92 Å². The molecule has 1 atom stereocenters. The molecule has 0 bridgehead atoms. The zero-order valence-electron chi connectivity index (χ0n) is 12.1. The molecular formula is C12H20N4O4S. The van der Waals surface area contributed by atoms with E-state index in [1.165, 1.54) is 10.5 Å². The minimum Gasteiger partial charge on any atom is -0.378 e. The number of ether oxygens (including phenoxy) is 1. The Morgan fingerprint density at radius 1 is 1.62 bits per heavy atom. The Labute approximate surface area is 123 Å². The number of nitrogens with zero attached hydrogens (tertiary/aromatic N) is 2. The fourth-order valence-corrected chi connectivity index (χ4v) is 3.85. The molecule has 2 N–H and O–H groups in total. The Bertz CT molecular complexity index is 598. The zero-order chi connectivity index (χ0) is 15.5. The minimum absolute atomic E-state index is 0.0612. The van der Waals surface area contributed by atoms with Crippen molar-refractivity contribution in [2.45, 2.75) is 31.2 Å². The Morgan fingerprint density at radius 3 is 3.00 bits per heavy atom. The second-order valence-corrected chi connectivity index (χ2v) is 6.72. The number of hydrogen-bond acceptors (Lipinski definition) is 5. The number of rotatable bonds is 5. The molecule has 0 aromatic carbocycles. The first-order valence-corrected chi connectivity index (χ1v) is 8.29. The molecule has 0 spiro atoms. The second-order valence-electron chi connectivity index (χ2n) is 4.86. The van der Waals surface area contributed by atoms with Gasteiger partial charge < -0.3 is 10.1 Å². The van der Waals surface area contributed by atoms with E-state index in [1.807, 2.05) is 6.92 Å². The van der Waals surface area contributed by atoms with E-state index in [-0.39, 0.29) is 30.6 Å². The van der Waals surface area contributed by atoms with E-state index < -0.39 is 16.1 Å². The lowest BCUT2D eigenvalue weighted by atomic mass is 10.2. The van der Waals surface area contributed by atoms with Gasteiger partial charge in [-0.05, 0) is 13.3 Å². The van der Waals surface area contributed by atoms with Crippen LogP contribution in [0.3, 0.4) is 0 Å². The molecule has 0 aliphatic carbocycles. The summed E-state index contributed by atoms with van der Waals surface area (Å²) in [5, 5.41) is 9.06. The quantitative estimate of drug-likeness (QED) is 0.771. The number of aromatic nitrogens is 2. The molecule has 1 aromatic rings. The number of aryl methyl sites for hydroxylation is 1. The van der Waals surface area contributed by atoms with Crippen molar-refractivity contribution in [2.24, 2.45) is 0 Å². The Morgan fingerprint density at radius 2 is 2.38 bits per heavy atom. The van der Waals surface area contributed by atoms with Gasteiger partial charge in [-0.1, -0.05) is 6.92 Å². The first kappa shape index (κ1) is 15.9. The van der Waals surface area contributed by atoms with Crippen LogP contribution in [0.5, 0.6) is 0 Å². The number of carbonyl (C=O) groups excluding carboxylic acids is 1. The van der Waals surface area contributed by atoms with E-state index in [4.69, 9.17) is 4.74 Å². The van der Waals surface area contributed by atoms with Crippen molar-refractivity contribution in [1.29, 1.82) is 0 Å². The van der Waals surface area contributed by atoms with E-state index in [2.05, 4.69) is 15.5 Å². The number of H-pyrrole nitrogens is 1. The molecule has 2 rings (SSSR count). The highest BCUT2D eigenvalue weighted by molar-refractivity contribution is 7.89. The molecule has 21 heavy (non-hydrogen) atoms. The lowest BCUT2D eigenvalue weighted by molar-refractivity contribution is -0.129. The van der Waals surface area contributed by atoms with Crippen molar-refractivity contribution < 1.29 is 17.9 Å². The Balaban J connectivity index is 2.26. The van der Waals surface area contributed by atoms with Crippen LogP contribution in [-0.4, -0.2) is 61.2 Å². The van der Waals surface area contributed by atoms with Crippen LogP contribution in [0.2, 0.25) is 0 Å². The van der Waals surface area contributed by atoms with E-state index in [0.29, 0.717) is 12.2 Å². The van der Waals surface area contributed by atoms with Gasteiger partial charge in [-0.3, -0.25) is 9.89 Å². The number of carbonyl (C=O) groups is 1. The molecule has 9 heteroatoms. The average Bonchev–Trinajstić information content (AvgIpc) is 2.91. The molecule has 2 heterocycles. The van der Waals surface area contributed by atoms with Gasteiger partial charge in [0.15, 0.2) is 0 Å². The minimum atomic E-state index is -3.77. The summed E-state index contributed by atoms with van der Waals surface area (Å²) in [5.74, 6) is -0.332. The SMILES string of the molecule is CCCNC(=O)C1COCCN1S(=O)(=O)c1cn[nH]c1C. The third kappa shape index (κ3) is 3.25. The highest BCUT2D eigenvalue weighted by Gasteiger charge is 2.39. The maximum atomic E-state index is 12.7. The Kier molecular flexibility index (Phi) is 4.96. The summed E-state index contributed by atoms with van der Waals surface area (Å²) < 4.78 is 31.8. The summed E-state index contributed by atoms with van der Waals surface area (Å²) in [4.78, 5) is 12.2. The number of aromatic amines is 1. The average molecular weight is 316 g/mol. The van der Waals surface area contributed by atoms with Crippen molar-refractivity contribution >= 4 is 15.9 Å². The highest BCUT2D eigenvalue weighted by Crippen LogP contribution is 2.22. The van der Waals surface area contributed by atoms with Crippen LogP contribution in [-0.2, 0) is 19.6 Å². The van der Waals surface area contributed by atoms with Gasteiger partial charge >= 0.3 is 0 Å². The second kappa shape index (κ2) is 6.54. The van der Waals surface area contributed by atoms with Gasteiger partial charge in [0.05, 0.1) is 25.1 Å². The lowest BCUT2D eigenvalue weighted by Crippen LogP contribution is -2.55. The maximum absolute atomic E-state index is 12.7. The summed E-state index contributed by atoms with van der Waals surface area (Å²) in [6.45, 7) is 4.55. The van der Waals surface area contributed by atoms with Crippen molar-refractivity contribution in [1.82, 2.24) is 19.8 Å². The molecule has 8 nitrogen and oxygen atoms in total. The molecule has 1 aromatic heterocycles. The molecule has 1 unspecified atom stereocenters.